The van der Waals surface area contributed by atoms with Gasteiger partial charge in [0.15, 0.2) is 0 Å². The monoisotopic (exact) mass is 181 g/mol. The summed E-state index contributed by atoms with van der Waals surface area (Å²) in [5.74, 6) is -2.87. The molecule has 0 saturated heterocycles. The molecule has 1 rings (SSSR count). The van der Waals surface area contributed by atoms with Crippen molar-refractivity contribution in [2.24, 2.45) is 0 Å². The fourth-order valence-corrected chi connectivity index (χ4v) is 0.662. The molecule has 0 spiro atoms. The zero-order valence-corrected chi connectivity index (χ0v) is 5.54. The van der Waals surface area contributed by atoms with Crippen LogP contribution < -0.4 is 0 Å². The molecule has 0 aliphatic heterocycles. The van der Waals surface area contributed by atoms with E-state index in [1.54, 1.807) is 0 Å². The maximum absolute atomic E-state index is 12.3. The minimum atomic E-state index is -4.80. The molecule has 0 N–H and O–H groups in total. The fourth-order valence-electron chi connectivity index (χ4n) is 0.662. The Morgan fingerprint density at radius 2 is 1.67 bits per heavy atom. The van der Waals surface area contributed by atoms with Gasteiger partial charge in [0, 0.05) is 0 Å². The molecule has 0 heterocycles. The van der Waals surface area contributed by atoms with Crippen LogP contribution >= 0.6 is 0 Å². The SMILES string of the molecule is Fc1[c]c(F)c(C(F)(F)F)cc1. The highest BCUT2D eigenvalue weighted by atomic mass is 19.4. The Labute approximate surface area is 64.6 Å². The molecule has 0 nitrogen and oxygen atoms in total. The highest BCUT2D eigenvalue weighted by molar-refractivity contribution is 5.20. The molecule has 1 aromatic rings. The van der Waals surface area contributed by atoms with Crippen molar-refractivity contribution in [3.8, 4) is 0 Å². The Bertz CT molecular complexity index is 288. The first-order chi connectivity index (χ1) is 5.41. The molecule has 0 aliphatic carbocycles. The van der Waals surface area contributed by atoms with E-state index in [0.717, 1.165) is 0 Å². The topological polar surface area (TPSA) is 0 Å². The lowest BCUT2D eigenvalue weighted by molar-refractivity contribution is -0.140. The normalized spacial score (nSPS) is 11.8. The van der Waals surface area contributed by atoms with Crippen molar-refractivity contribution >= 4 is 0 Å². The quantitative estimate of drug-likeness (QED) is 0.540. The molecular formula is C7H2F5. The van der Waals surface area contributed by atoms with Gasteiger partial charge in [0.2, 0.25) is 0 Å². The third-order valence-corrected chi connectivity index (χ3v) is 1.17. The first kappa shape index (κ1) is 8.96. The van der Waals surface area contributed by atoms with Crippen LogP contribution in [0.2, 0.25) is 0 Å². The van der Waals surface area contributed by atoms with Crippen LogP contribution in [0.15, 0.2) is 12.1 Å². The minimum absolute atomic E-state index is 0.334. The van der Waals surface area contributed by atoms with E-state index in [-0.39, 0.29) is 0 Å². The number of hydrogen-bond acceptors (Lipinski definition) is 0. The van der Waals surface area contributed by atoms with Crippen molar-refractivity contribution in [1.29, 1.82) is 0 Å². The van der Waals surface area contributed by atoms with Crippen LogP contribution in [0, 0.1) is 17.7 Å². The van der Waals surface area contributed by atoms with Crippen LogP contribution in [0.3, 0.4) is 0 Å². The molecule has 0 aliphatic rings. The van der Waals surface area contributed by atoms with Gasteiger partial charge in [-0.25, -0.2) is 8.78 Å². The van der Waals surface area contributed by atoms with Crippen LogP contribution in [-0.4, -0.2) is 0 Å². The van der Waals surface area contributed by atoms with E-state index in [1.807, 2.05) is 0 Å². The summed E-state index contributed by atoms with van der Waals surface area (Å²) >= 11 is 0. The Hall–Kier alpha value is -1.13. The molecule has 1 radical (unpaired) electrons. The second-order valence-electron chi connectivity index (χ2n) is 2.03. The van der Waals surface area contributed by atoms with Crippen molar-refractivity contribution < 1.29 is 22.0 Å². The number of benzene rings is 1. The molecule has 1 aromatic carbocycles. The largest absolute Gasteiger partial charge is 0.419 e. The van der Waals surface area contributed by atoms with E-state index in [2.05, 4.69) is 0 Å². The van der Waals surface area contributed by atoms with E-state index in [1.165, 1.54) is 6.07 Å². The lowest BCUT2D eigenvalue weighted by atomic mass is 10.2. The Kier molecular flexibility index (Phi) is 2.04. The van der Waals surface area contributed by atoms with Crippen LogP contribution in [0.4, 0.5) is 22.0 Å². The highest BCUT2D eigenvalue weighted by Crippen LogP contribution is 2.30. The van der Waals surface area contributed by atoms with Gasteiger partial charge in [-0.05, 0) is 12.1 Å². The standard InChI is InChI=1S/C7H2F5/c8-4-1-2-5(6(9)3-4)7(10,11)12/h1-2H. The summed E-state index contributed by atoms with van der Waals surface area (Å²) in [6.07, 6.45) is -4.80. The van der Waals surface area contributed by atoms with Gasteiger partial charge in [-0.2, -0.15) is 13.2 Å². The Balaban J connectivity index is 3.19. The van der Waals surface area contributed by atoms with Crippen molar-refractivity contribution in [2.75, 3.05) is 0 Å². The molecule has 65 valence electrons. The number of rotatable bonds is 0. The van der Waals surface area contributed by atoms with Gasteiger partial charge < -0.3 is 0 Å². The van der Waals surface area contributed by atoms with E-state index in [4.69, 9.17) is 0 Å². The van der Waals surface area contributed by atoms with Gasteiger partial charge in [-0.1, -0.05) is 0 Å². The smallest absolute Gasteiger partial charge is 0.206 e. The summed E-state index contributed by atoms with van der Waals surface area (Å²) in [6.45, 7) is 0. The summed E-state index contributed by atoms with van der Waals surface area (Å²) in [4.78, 5) is 0. The maximum atomic E-state index is 12.3. The van der Waals surface area contributed by atoms with Crippen molar-refractivity contribution in [3.63, 3.8) is 0 Å². The molecule has 0 aromatic heterocycles. The number of alkyl halides is 3. The van der Waals surface area contributed by atoms with Crippen LogP contribution in [0.5, 0.6) is 0 Å². The average Bonchev–Trinajstić information content (AvgIpc) is 1.83. The predicted molar refractivity (Wildman–Crippen MR) is 30.2 cm³/mol. The number of halogens is 5. The lowest BCUT2D eigenvalue weighted by Gasteiger charge is -2.06. The van der Waals surface area contributed by atoms with Crippen LogP contribution in [0.1, 0.15) is 5.56 Å². The van der Waals surface area contributed by atoms with Gasteiger partial charge in [-0.15, -0.1) is 0 Å². The Morgan fingerprint density at radius 3 is 2.08 bits per heavy atom. The van der Waals surface area contributed by atoms with Crippen molar-refractivity contribution in [2.45, 2.75) is 6.18 Å². The average molecular weight is 181 g/mol. The summed E-state index contributed by atoms with van der Waals surface area (Å²) in [7, 11) is 0. The molecule has 5 heteroatoms. The molecule has 0 fully saturated rings. The van der Waals surface area contributed by atoms with Gasteiger partial charge in [0.05, 0.1) is 11.6 Å². The van der Waals surface area contributed by atoms with Gasteiger partial charge in [0.1, 0.15) is 11.6 Å². The predicted octanol–water partition coefficient (Wildman–Crippen LogP) is 2.78. The van der Waals surface area contributed by atoms with Gasteiger partial charge >= 0.3 is 6.18 Å². The Morgan fingerprint density at radius 1 is 1.08 bits per heavy atom. The lowest BCUT2D eigenvalue weighted by Crippen LogP contribution is -2.08. The van der Waals surface area contributed by atoms with E-state index >= 15 is 0 Å². The first-order valence-electron chi connectivity index (χ1n) is 2.86. The second kappa shape index (κ2) is 2.73. The molecular weight excluding hydrogens is 179 g/mol. The zero-order valence-electron chi connectivity index (χ0n) is 5.54. The molecule has 0 unspecified atom stereocenters. The highest BCUT2D eigenvalue weighted by Gasteiger charge is 2.34. The zero-order chi connectivity index (χ0) is 9.35. The maximum Gasteiger partial charge on any atom is 0.419 e. The van der Waals surface area contributed by atoms with E-state index < -0.39 is 23.4 Å². The van der Waals surface area contributed by atoms with Gasteiger partial charge in [0.25, 0.3) is 0 Å². The molecule has 0 bridgehead atoms. The summed E-state index contributed by atoms with van der Waals surface area (Å²) in [6, 6.07) is 2.13. The van der Waals surface area contributed by atoms with Crippen LogP contribution in [-0.2, 0) is 6.18 Å². The summed E-state index contributed by atoms with van der Waals surface area (Å²) < 4.78 is 59.8. The van der Waals surface area contributed by atoms with Crippen molar-refractivity contribution in [3.05, 3.63) is 35.4 Å². The summed E-state index contributed by atoms with van der Waals surface area (Å²) in [5.41, 5.74) is -1.51. The molecule has 0 atom stereocenters. The molecule has 0 saturated carbocycles. The van der Waals surface area contributed by atoms with Gasteiger partial charge in [-0.3, -0.25) is 0 Å². The van der Waals surface area contributed by atoms with Crippen molar-refractivity contribution in [1.82, 2.24) is 0 Å². The van der Waals surface area contributed by atoms with Crippen LogP contribution in [0.25, 0.3) is 0 Å². The van der Waals surface area contributed by atoms with E-state index in [0.29, 0.717) is 12.1 Å². The first-order valence-corrected chi connectivity index (χ1v) is 2.86. The minimum Gasteiger partial charge on any atom is -0.206 e. The number of hydrogen-bond donors (Lipinski definition) is 0. The second-order valence-corrected chi connectivity index (χ2v) is 2.03. The fraction of sp³-hybridized carbons (Fsp3) is 0.143. The molecule has 0 amide bonds. The summed E-state index contributed by atoms with van der Waals surface area (Å²) in [5, 5.41) is 0. The third-order valence-electron chi connectivity index (χ3n) is 1.17. The van der Waals surface area contributed by atoms with E-state index in [9.17, 15) is 22.0 Å². The third kappa shape index (κ3) is 1.72. The molecule has 12 heavy (non-hydrogen) atoms.